The Morgan fingerprint density at radius 3 is 1.40 bits per heavy atom. The number of amides is 4. The molecule has 0 saturated carbocycles. The van der Waals surface area contributed by atoms with Gasteiger partial charge in [0.2, 0.25) is 11.8 Å². The first kappa shape index (κ1) is 52.3. The summed E-state index contributed by atoms with van der Waals surface area (Å²) in [7, 11) is 3.73. The van der Waals surface area contributed by atoms with Crippen LogP contribution in [0.5, 0.6) is 0 Å². The zero-order chi connectivity index (χ0) is 58.1. The van der Waals surface area contributed by atoms with Crippen LogP contribution in [0.1, 0.15) is 102 Å². The van der Waals surface area contributed by atoms with E-state index in [4.69, 9.17) is 10.1 Å². The van der Waals surface area contributed by atoms with Crippen molar-refractivity contribution >= 4 is 62.3 Å². The van der Waals surface area contributed by atoms with Crippen LogP contribution < -0.4 is 0 Å². The molecule has 3 aromatic heterocycles. The van der Waals surface area contributed by atoms with E-state index in [1.807, 2.05) is 204 Å². The molecular weight excluding hydrogens is 1060 g/mol. The zero-order valence-electron chi connectivity index (χ0n) is 47.0. The van der Waals surface area contributed by atoms with E-state index in [9.17, 15) is 19.2 Å². The first-order chi connectivity index (χ1) is 41.5. The fourth-order valence-electron chi connectivity index (χ4n) is 12.7. The summed E-state index contributed by atoms with van der Waals surface area (Å²) in [6.07, 6.45) is 0.309. The van der Waals surface area contributed by atoms with Crippen molar-refractivity contribution in [2.45, 2.75) is 50.9 Å². The first-order valence-electron chi connectivity index (χ1n) is 28.3. The molecule has 0 fully saturated rings. The highest BCUT2D eigenvalue weighted by Crippen LogP contribution is 2.46. The maximum absolute atomic E-state index is 14.4. The van der Waals surface area contributed by atoms with Gasteiger partial charge in [0.1, 0.15) is 22.3 Å². The molecule has 3 aliphatic rings. The van der Waals surface area contributed by atoms with Gasteiger partial charge in [0, 0.05) is 47.3 Å². The minimum atomic E-state index is -0.927. The normalized spacial score (nSPS) is 14.7. The Balaban J connectivity index is 0.000000167. The van der Waals surface area contributed by atoms with Crippen LogP contribution >= 0.6 is 0 Å². The maximum Gasteiger partial charge on any atom is 0.261 e. The van der Waals surface area contributed by atoms with Gasteiger partial charge in [-0.3, -0.25) is 34.0 Å². The number of rotatable bonds is 10. The van der Waals surface area contributed by atoms with Gasteiger partial charge in [0.15, 0.2) is 0 Å². The number of hydrogen-bond acceptors (Lipinski definition) is 10. The molecule has 2 atom stereocenters. The number of fused-ring (bicyclic) bond motifs is 6. The van der Waals surface area contributed by atoms with Crippen molar-refractivity contribution in [2.24, 2.45) is 19.1 Å². The fourth-order valence-corrected chi connectivity index (χ4v) is 12.7. The van der Waals surface area contributed by atoms with Crippen LogP contribution in [0.15, 0.2) is 217 Å². The average molecular weight is 1110 g/mol. The Morgan fingerprint density at radius 1 is 0.447 bits per heavy atom. The van der Waals surface area contributed by atoms with E-state index in [-0.39, 0.29) is 42.5 Å². The number of aryl methyl sites for hydroxylation is 2. The molecule has 414 valence electrons. The van der Waals surface area contributed by atoms with E-state index in [0.717, 1.165) is 94.3 Å². The third-order valence-electron chi connectivity index (χ3n) is 17.0. The molecule has 4 amide bonds. The van der Waals surface area contributed by atoms with Crippen molar-refractivity contribution in [1.29, 1.82) is 0 Å². The summed E-state index contributed by atoms with van der Waals surface area (Å²) in [5.41, 5.74) is 16.1. The molecule has 0 unspecified atom stereocenters. The number of benzene rings is 9. The van der Waals surface area contributed by atoms with E-state index in [0.29, 0.717) is 28.9 Å². The molecule has 9 aromatic carbocycles. The Bertz CT molecular complexity index is 4570. The molecule has 85 heavy (non-hydrogen) atoms. The SMILES string of the molecule is C[C@H](c1ccccc1)N1C(=O)Cc2cc3c(cc2C1=O)C(c1ccc2nnn(C)c2c1)=NC3.C[C@H](c1ccccc1)N1C(=O)Cc2cc3c(cc2C1=O)c(-c1ccc2nnn(C)c2c1)nn3C(c1ccccc1)(c1ccccc1)c1ccccc1. The molecule has 15 heteroatoms. The van der Waals surface area contributed by atoms with Gasteiger partial charge in [-0.2, -0.15) is 5.10 Å². The molecule has 3 aliphatic heterocycles. The number of hydrogen-bond donors (Lipinski definition) is 0. The minimum Gasteiger partial charge on any atom is -0.279 e. The van der Waals surface area contributed by atoms with Gasteiger partial charge in [-0.1, -0.05) is 180 Å². The molecule has 0 saturated heterocycles. The number of aromatic nitrogens is 8. The quantitative estimate of drug-likeness (QED) is 0.0956. The van der Waals surface area contributed by atoms with Crippen molar-refractivity contribution in [3.8, 4) is 11.3 Å². The zero-order valence-corrected chi connectivity index (χ0v) is 47.0. The highest BCUT2D eigenvalue weighted by Gasteiger charge is 2.43. The monoisotopic (exact) mass is 1110 g/mol. The fraction of sp³-hybridized carbons (Fsp3) is 0.143. The van der Waals surface area contributed by atoms with E-state index in [2.05, 4.69) is 61.7 Å². The smallest absolute Gasteiger partial charge is 0.261 e. The van der Waals surface area contributed by atoms with Crippen LogP contribution in [0.25, 0.3) is 44.2 Å². The van der Waals surface area contributed by atoms with E-state index in [1.165, 1.54) is 9.80 Å². The predicted octanol–water partition coefficient (Wildman–Crippen LogP) is 11.7. The Morgan fingerprint density at radius 2 is 0.894 bits per heavy atom. The van der Waals surface area contributed by atoms with Crippen LogP contribution in [0.3, 0.4) is 0 Å². The molecule has 0 radical (unpaired) electrons. The molecule has 0 bridgehead atoms. The lowest BCUT2D eigenvalue weighted by Gasteiger charge is -2.37. The topological polar surface area (TPSA) is 166 Å². The van der Waals surface area contributed by atoms with Crippen molar-refractivity contribution in [2.75, 3.05) is 0 Å². The summed E-state index contributed by atoms with van der Waals surface area (Å²) < 4.78 is 5.58. The predicted molar refractivity (Wildman–Crippen MR) is 326 cm³/mol. The second-order valence-corrected chi connectivity index (χ2v) is 21.9. The first-order valence-corrected chi connectivity index (χ1v) is 28.3. The molecule has 15 nitrogen and oxygen atoms in total. The van der Waals surface area contributed by atoms with E-state index < -0.39 is 11.6 Å². The van der Waals surface area contributed by atoms with Gasteiger partial charge in [0.25, 0.3) is 11.8 Å². The molecule has 0 aliphatic carbocycles. The van der Waals surface area contributed by atoms with Gasteiger partial charge in [0.05, 0.1) is 53.7 Å². The minimum absolute atomic E-state index is 0.0936. The highest BCUT2D eigenvalue weighted by atomic mass is 16.2. The Labute approximate surface area is 489 Å². The number of aliphatic imine (C=N–C) groups is 1. The number of nitrogens with zero attached hydrogens (tertiary/aromatic N) is 11. The summed E-state index contributed by atoms with van der Waals surface area (Å²) >= 11 is 0. The van der Waals surface area contributed by atoms with Crippen LogP contribution in [0.2, 0.25) is 0 Å². The maximum atomic E-state index is 14.4. The Kier molecular flexibility index (Phi) is 12.8. The van der Waals surface area contributed by atoms with E-state index >= 15 is 0 Å². The third kappa shape index (κ3) is 8.73. The molecule has 6 heterocycles. The van der Waals surface area contributed by atoms with Gasteiger partial charge < -0.3 is 0 Å². The lowest BCUT2D eigenvalue weighted by molar-refractivity contribution is -0.131. The summed E-state index contributed by atoms with van der Waals surface area (Å²) in [6.45, 7) is 4.34. The number of imide groups is 2. The van der Waals surface area contributed by atoms with Crippen LogP contribution in [0.4, 0.5) is 0 Å². The summed E-state index contributed by atoms with van der Waals surface area (Å²) in [4.78, 5) is 62.4. The molecule has 0 spiro atoms. The lowest BCUT2D eigenvalue weighted by Crippen LogP contribution is -2.43. The second-order valence-electron chi connectivity index (χ2n) is 21.9. The molecular formula is C70H55N11O4. The van der Waals surface area contributed by atoms with Crippen molar-refractivity contribution < 1.29 is 19.2 Å². The number of carbonyl (C=O) groups is 4. The summed E-state index contributed by atoms with van der Waals surface area (Å²) in [6, 6.07) is 69.5. The molecule has 0 N–H and O–H groups in total. The van der Waals surface area contributed by atoms with Crippen molar-refractivity contribution in [1.82, 2.24) is 49.6 Å². The van der Waals surface area contributed by atoms with Crippen molar-refractivity contribution in [3.63, 3.8) is 0 Å². The standard InChI is InChI=1S/C44H34N6O2.C26H21N5O2/c1-29(30-15-7-3-8-16-30)49-41(51)27-32-26-39-37(28-36(32)43(49)52)42(31-23-24-38-40(25-31)48(2)47-45-38)46-50(39)44(33-17-9-4-10-18-33,34-19-11-5-12-20-34)35-21-13-6-14-22-35;1-15(16-6-4-3-5-7-16)31-24(32)12-18-10-19-14-27-25(20(19)13-21(18)26(31)33)17-8-9-22-23(11-17)30(2)29-28-22/h3-26,28-29H,27H2,1-2H3;3-11,13,15H,12,14H2,1-2H3/t29-;15-/m11/s1. The summed E-state index contributed by atoms with van der Waals surface area (Å²) in [5, 5.41) is 23.1. The molecule has 15 rings (SSSR count). The lowest BCUT2D eigenvalue weighted by atomic mass is 9.77. The van der Waals surface area contributed by atoms with Gasteiger partial charge in [-0.05, 0) is 101 Å². The third-order valence-corrected chi connectivity index (χ3v) is 17.0. The van der Waals surface area contributed by atoms with Crippen LogP contribution in [-0.4, -0.2) is 78.9 Å². The largest absolute Gasteiger partial charge is 0.279 e. The second kappa shape index (κ2) is 20.9. The van der Waals surface area contributed by atoms with Gasteiger partial charge >= 0.3 is 0 Å². The van der Waals surface area contributed by atoms with Gasteiger partial charge in [-0.25, -0.2) is 14.0 Å². The van der Waals surface area contributed by atoms with Crippen molar-refractivity contribution in [3.05, 3.63) is 279 Å². The average Bonchev–Trinajstić information content (AvgIpc) is 1.77. The Hall–Kier alpha value is -10.8. The van der Waals surface area contributed by atoms with E-state index in [1.54, 1.807) is 9.36 Å². The number of carbonyl (C=O) groups excluding carboxylic acids is 4. The van der Waals surface area contributed by atoms with Crippen LogP contribution in [0, 0.1) is 0 Å². The van der Waals surface area contributed by atoms with Gasteiger partial charge in [-0.15, -0.1) is 10.2 Å². The summed E-state index contributed by atoms with van der Waals surface area (Å²) in [5.74, 6) is -0.959. The van der Waals surface area contributed by atoms with Crippen LogP contribution in [-0.2, 0) is 48.6 Å². The highest BCUT2D eigenvalue weighted by molar-refractivity contribution is 6.18. The molecule has 12 aromatic rings.